The molecule has 76 valence electrons. The van der Waals surface area contributed by atoms with Gasteiger partial charge in [-0.15, -0.1) is 0 Å². The minimum atomic E-state index is -0.333. The number of aliphatic hydroxyl groups is 1. The van der Waals surface area contributed by atoms with Crippen molar-refractivity contribution >= 4 is 0 Å². The third-order valence-electron chi connectivity index (χ3n) is 2.56. The zero-order valence-corrected chi connectivity index (χ0v) is 8.27. The van der Waals surface area contributed by atoms with E-state index in [2.05, 4.69) is 15.5 Å². The summed E-state index contributed by atoms with van der Waals surface area (Å²) in [6, 6.07) is 3.80. The van der Waals surface area contributed by atoms with E-state index in [1.807, 2.05) is 19.1 Å². The molecule has 0 aromatic carbocycles. The Morgan fingerprint density at radius 3 is 2.93 bits per heavy atom. The molecule has 2 N–H and O–H groups in total. The fourth-order valence-corrected chi connectivity index (χ4v) is 1.75. The van der Waals surface area contributed by atoms with Crippen LogP contribution in [-0.4, -0.2) is 28.0 Å². The van der Waals surface area contributed by atoms with E-state index in [9.17, 15) is 5.11 Å². The molecule has 0 amide bonds. The lowest BCUT2D eigenvalue weighted by molar-refractivity contribution is 0.0943. The number of aliphatic hydroxyl groups excluding tert-OH is 1. The predicted molar refractivity (Wildman–Crippen MR) is 52.8 cm³/mol. The molecule has 2 atom stereocenters. The number of hydrogen-bond donors (Lipinski definition) is 2. The Hall–Kier alpha value is -1.00. The lowest BCUT2D eigenvalue weighted by Crippen LogP contribution is -2.38. The van der Waals surface area contributed by atoms with Gasteiger partial charge in [-0.25, -0.2) is 0 Å². The summed E-state index contributed by atoms with van der Waals surface area (Å²) in [4.78, 5) is 0. The van der Waals surface area contributed by atoms with Gasteiger partial charge in [-0.2, -0.15) is 10.2 Å². The summed E-state index contributed by atoms with van der Waals surface area (Å²) >= 11 is 0. The Bertz CT molecular complexity index is 299. The lowest BCUT2D eigenvalue weighted by Gasteiger charge is -2.27. The van der Waals surface area contributed by atoms with Gasteiger partial charge in [0.2, 0.25) is 0 Å². The van der Waals surface area contributed by atoms with E-state index in [1.165, 1.54) is 0 Å². The Labute approximate surface area is 83.4 Å². The van der Waals surface area contributed by atoms with Crippen LogP contribution < -0.4 is 5.32 Å². The molecule has 1 aliphatic heterocycles. The molecule has 0 aliphatic carbocycles. The van der Waals surface area contributed by atoms with Crippen LogP contribution in [0.4, 0.5) is 0 Å². The molecule has 0 spiro atoms. The second-order valence-electron chi connectivity index (χ2n) is 3.74. The van der Waals surface area contributed by atoms with Crippen molar-refractivity contribution in [3.63, 3.8) is 0 Å². The van der Waals surface area contributed by atoms with Crippen LogP contribution >= 0.6 is 0 Å². The zero-order chi connectivity index (χ0) is 9.97. The molecular formula is C10H15N3O. The van der Waals surface area contributed by atoms with Gasteiger partial charge in [0, 0.05) is 0 Å². The molecule has 1 aliphatic rings. The van der Waals surface area contributed by atoms with Crippen LogP contribution in [0.25, 0.3) is 0 Å². The van der Waals surface area contributed by atoms with Gasteiger partial charge >= 0.3 is 0 Å². The molecule has 2 unspecified atom stereocenters. The second kappa shape index (κ2) is 4.02. The van der Waals surface area contributed by atoms with Gasteiger partial charge in [-0.05, 0) is 38.4 Å². The molecule has 4 nitrogen and oxygen atoms in total. The number of nitrogens with zero attached hydrogens (tertiary/aromatic N) is 2. The molecule has 14 heavy (non-hydrogen) atoms. The van der Waals surface area contributed by atoms with Gasteiger partial charge < -0.3 is 10.4 Å². The van der Waals surface area contributed by atoms with E-state index < -0.39 is 0 Å². The summed E-state index contributed by atoms with van der Waals surface area (Å²) in [5, 5.41) is 21.1. The van der Waals surface area contributed by atoms with Crippen LogP contribution in [0, 0.1) is 6.92 Å². The number of rotatable bonds is 1. The lowest BCUT2D eigenvalue weighted by atomic mass is 9.98. The third-order valence-corrected chi connectivity index (χ3v) is 2.56. The molecule has 2 rings (SSSR count). The molecular weight excluding hydrogens is 178 g/mol. The monoisotopic (exact) mass is 193 g/mol. The highest BCUT2D eigenvalue weighted by atomic mass is 16.3. The van der Waals surface area contributed by atoms with Crippen LogP contribution in [0.15, 0.2) is 12.1 Å². The van der Waals surface area contributed by atoms with Gasteiger partial charge in [-0.3, -0.25) is 0 Å². The average Bonchev–Trinajstić information content (AvgIpc) is 2.20. The van der Waals surface area contributed by atoms with Crippen molar-refractivity contribution < 1.29 is 5.11 Å². The first-order valence-electron chi connectivity index (χ1n) is 4.99. The van der Waals surface area contributed by atoms with Gasteiger partial charge in [-0.1, -0.05) is 0 Å². The summed E-state index contributed by atoms with van der Waals surface area (Å²) in [6.07, 6.45) is 1.53. The molecule has 0 saturated carbocycles. The third kappa shape index (κ3) is 1.91. The SMILES string of the molecule is Cc1ccc(C2NCCCC2O)nn1. The normalized spacial score (nSPS) is 27.6. The van der Waals surface area contributed by atoms with Crippen molar-refractivity contribution in [3.8, 4) is 0 Å². The van der Waals surface area contributed by atoms with Gasteiger partial charge in [0.1, 0.15) is 0 Å². The summed E-state index contributed by atoms with van der Waals surface area (Å²) in [7, 11) is 0. The molecule has 0 bridgehead atoms. The molecule has 1 aromatic rings. The predicted octanol–water partition coefficient (Wildman–Crippen LogP) is 0.570. The molecule has 0 radical (unpaired) electrons. The summed E-state index contributed by atoms with van der Waals surface area (Å²) in [5.41, 5.74) is 1.74. The Morgan fingerprint density at radius 2 is 2.29 bits per heavy atom. The Balaban J connectivity index is 2.16. The quantitative estimate of drug-likeness (QED) is 0.684. The molecule has 1 fully saturated rings. The molecule has 1 aromatic heterocycles. The standard InChI is InChI=1S/C10H15N3O/c1-7-4-5-8(13-12-7)10-9(14)3-2-6-11-10/h4-5,9-11,14H,2-3,6H2,1H3. The number of hydrogen-bond acceptors (Lipinski definition) is 4. The topological polar surface area (TPSA) is 58.0 Å². The minimum absolute atomic E-state index is 0.0446. The number of piperidine rings is 1. The smallest absolute Gasteiger partial charge is 0.0827 e. The van der Waals surface area contributed by atoms with Crippen LogP contribution in [0.3, 0.4) is 0 Å². The molecule has 2 heterocycles. The van der Waals surface area contributed by atoms with Crippen molar-refractivity contribution in [3.05, 3.63) is 23.5 Å². The average molecular weight is 193 g/mol. The number of nitrogens with one attached hydrogen (secondary N) is 1. The second-order valence-corrected chi connectivity index (χ2v) is 3.74. The van der Waals surface area contributed by atoms with Crippen LogP contribution in [0.5, 0.6) is 0 Å². The van der Waals surface area contributed by atoms with Gasteiger partial charge in [0.05, 0.1) is 23.5 Å². The minimum Gasteiger partial charge on any atom is -0.391 e. The first kappa shape index (κ1) is 9.55. The van der Waals surface area contributed by atoms with Crippen molar-refractivity contribution in [2.75, 3.05) is 6.54 Å². The zero-order valence-electron chi connectivity index (χ0n) is 8.27. The van der Waals surface area contributed by atoms with E-state index in [0.717, 1.165) is 30.8 Å². The highest BCUT2D eigenvalue weighted by Gasteiger charge is 2.25. The van der Waals surface area contributed by atoms with Crippen LogP contribution in [-0.2, 0) is 0 Å². The number of aromatic nitrogens is 2. The van der Waals surface area contributed by atoms with E-state index in [4.69, 9.17) is 0 Å². The molecule has 1 saturated heterocycles. The fourth-order valence-electron chi connectivity index (χ4n) is 1.75. The fraction of sp³-hybridized carbons (Fsp3) is 0.600. The molecule has 4 heteroatoms. The maximum absolute atomic E-state index is 9.76. The first-order chi connectivity index (χ1) is 6.77. The highest BCUT2D eigenvalue weighted by molar-refractivity contribution is 5.11. The van der Waals surface area contributed by atoms with Crippen LogP contribution in [0.1, 0.15) is 30.3 Å². The van der Waals surface area contributed by atoms with E-state index in [-0.39, 0.29) is 12.1 Å². The van der Waals surface area contributed by atoms with E-state index >= 15 is 0 Å². The Kier molecular flexibility index (Phi) is 2.74. The van der Waals surface area contributed by atoms with E-state index in [0.29, 0.717) is 0 Å². The summed E-state index contributed by atoms with van der Waals surface area (Å²) < 4.78 is 0. The van der Waals surface area contributed by atoms with Crippen molar-refractivity contribution in [2.24, 2.45) is 0 Å². The van der Waals surface area contributed by atoms with Crippen LogP contribution in [0.2, 0.25) is 0 Å². The number of aryl methyl sites for hydroxylation is 1. The maximum Gasteiger partial charge on any atom is 0.0827 e. The Morgan fingerprint density at radius 1 is 1.43 bits per heavy atom. The maximum atomic E-state index is 9.76. The van der Waals surface area contributed by atoms with Gasteiger partial charge in [0.25, 0.3) is 0 Å². The van der Waals surface area contributed by atoms with E-state index in [1.54, 1.807) is 0 Å². The highest BCUT2D eigenvalue weighted by Crippen LogP contribution is 2.21. The van der Waals surface area contributed by atoms with Crippen molar-refractivity contribution in [2.45, 2.75) is 31.9 Å². The van der Waals surface area contributed by atoms with Gasteiger partial charge in [0.15, 0.2) is 0 Å². The first-order valence-corrected chi connectivity index (χ1v) is 4.99. The summed E-state index contributed by atoms with van der Waals surface area (Å²) in [5.74, 6) is 0. The summed E-state index contributed by atoms with van der Waals surface area (Å²) in [6.45, 7) is 2.85. The van der Waals surface area contributed by atoms with Crippen molar-refractivity contribution in [1.29, 1.82) is 0 Å². The van der Waals surface area contributed by atoms with Crippen molar-refractivity contribution in [1.82, 2.24) is 15.5 Å². The largest absolute Gasteiger partial charge is 0.391 e.